The molecule has 3 rings (SSSR count). The third kappa shape index (κ3) is 9.59. The third-order valence-corrected chi connectivity index (χ3v) is 5.70. The van der Waals surface area contributed by atoms with Crippen molar-refractivity contribution in [3.63, 3.8) is 0 Å². The Bertz CT molecular complexity index is 956. The fourth-order valence-electron chi connectivity index (χ4n) is 3.68. The van der Waals surface area contributed by atoms with E-state index in [2.05, 4.69) is 55.7 Å². The Morgan fingerprint density at radius 2 is 1.29 bits per heavy atom. The van der Waals surface area contributed by atoms with Crippen molar-refractivity contribution in [1.29, 1.82) is 0 Å². The second-order valence-electron chi connectivity index (χ2n) is 7.42. The molecule has 0 aliphatic rings. The summed E-state index contributed by atoms with van der Waals surface area (Å²) in [4.78, 5) is 9.61. The van der Waals surface area contributed by atoms with E-state index >= 15 is 0 Å². The molecule has 0 atom stereocenters. The molecule has 5 nitrogen and oxygen atoms in total. The largest absolute Gasteiger partial charge is 3.00 e. The molecule has 0 fully saturated rings. The Morgan fingerprint density at radius 3 is 1.88 bits per heavy atom. The molecule has 0 unspecified atom stereocenters. The van der Waals surface area contributed by atoms with Crippen molar-refractivity contribution < 1.29 is 64.1 Å². The second kappa shape index (κ2) is 18.3. The number of benzene rings is 2. The first-order chi connectivity index (χ1) is 14.7. The molecule has 0 bridgehead atoms. The molecule has 189 valence electrons. The maximum absolute atomic E-state index is 6.09. The van der Waals surface area contributed by atoms with E-state index in [1.54, 1.807) is 0 Å². The molecule has 1 heterocycles. The van der Waals surface area contributed by atoms with Gasteiger partial charge in [0, 0.05) is 23.9 Å². The molecular weight excluding hydrogens is 533 g/mol. The Morgan fingerprint density at radius 1 is 0.706 bits per heavy atom. The summed E-state index contributed by atoms with van der Waals surface area (Å²) in [5.41, 5.74) is 1.87. The van der Waals surface area contributed by atoms with Crippen LogP contribution < -0.4 is 46.7 Å². The fraction of sp³-hybridized carbons (Fsp3) is 0.480. The minimum Gasteiger partial charge on any atom is -1.00 e. The monoisotopic (exact) mass is 566 g/mol. The van der Waals surface area contributed by atoms with Crippen LogP contribution in [0.15, 0.2) is 42.5 Å². The first-order valence-electron chi connectivity index (χ1n) is 11.2. The van der Waals surface area contributed by atoms with Crippen molar-refractivity contribution in [3.05, 3.63) is 42.5 Å². The summed E-state index contributed by atoms with van der Waals surface area (Å²) in [6, 6.07) is 14.4. The van der Waals surface area contributed by atoms with Gasteiger partial charge in [-0.15, -0.1) is 0 Å². The molecule has 34 heavy (non-hydrogen) atoms. The van der Waals surface area contributed by atoms with E-state index in [1.807, 2.05) is 24.3 Å². The molecular formula is C25H35Cl3CrN3O2. The number of para-hydroxylation sites is 1. The molecule has 2 aromatic carbocycles. The summed E-state index contributed by atoms with van der Waals surface area (Å²) in [6.45, 7) is 16.1. The molecule has 0 saturated carbocycles. The molecule has 0 N–H and O–H groups in total. The number of ether oxygens (including phenoxy) is 2. The van der Waals surface area contributed by atoms with E-state index in [1.165, 1.54) is 0 Å². The zero-order valence-corrected chi connectivity index (χ0v) is 23.9. The molecule has 0 aliphatic heterocycles. The fourth-order valence-corrected chi connectivity index (χ4v) is 3.68. The van der Waals surface area contributed by atoms with Crippen molar-refractivity contribution in [3.8, 4) is 11.5 Å². The van der Waals surface area contributed by atoms with Crippen LogP contribution in [-0.2, 0) is 17.4 Å². The average Bonchev–Trinajstić information content (AvgIpc) is 2.78. The van der Waals surface area contributed by atoms with Gasteiger partial charge in [-0.3, -0.25) is 0 Å². The van der Waals surface area contributed by atoms with Crippen LogP contribution >= 0.6 is 0 Å². The van der Waals surface area contributed by atoms with Crippen molar-refractivity contribution in [2.24, 2.45) is 0 Å². The van der Waals surface area contributed by atoms with Gasteiger partial charge in [-0.05, 0) is 56.5 Å². The summed E-state index contributed by atoms with van der Waals surface area (Å²) in [7, 11) is 0. The average molecular weight is 568 g/mol. The predicted molar refractivity (Wildman–Crippen MR) is 126 cm³/mol. The van der Waals surface area contributed by atoms with E-state index in [4.69, 9.17) is 14.5 Å². The number of hydrogen-bond donors (Lipinski definition) is 0. The van der Waals surface area contributed by atoms with E-state index in [-0.39, 0.29) is 54.6 Å². The van der Waals surface area contributed by atoms with Gasteiger partial charge in [-0.2, -0.15) is 0 Å². The molecule has 9 heteroatoms. The maximum atomic E-state index is 6.09. The van der Waals surface area contributed by atoms with Gasteiger partial charge in [-0.1, -0.05) is 39.8 Å². The van der Waals surface area contributed by atoms with Crippen molar-refractivity contribution in [2.75, 3.05) is 52.5 Å². The Kier molecular flexibility index (Phi) is 19.0. The number of halogens is 3. The van der Waals surface area contributed by atoms with Gasteiger partial charge >= 0.3 is 17.4 Å². The van der Waals surface area contributed by atoms with E-state index < -0.39 is 0 Å². The van der Waals surface area contributed by atoms with Crippen LogP contribution in [0.2, 0.25) is 0 Å². The number of nitrogens with zero attached hydrogens (tertiary/aromatic N) is 3. The van der Waals surface area contributed by atoms with Crippen LogP contribution in [0.5, 0.6) is 11.5 Å². The molecule has 0 saturated heterocycles. The molecule has 1 aromatic heterocycles. The second-order valence-corrected chi connectivity index (χ2v) is 7.42. The number of aromatic nitrogens is 1. The summed E-state index contributed by atoms with van der Waals surface area (Å²) in [5, 5.41) is 2.17. The zero-order chi connectivity index (χ0) is 21.3. The van der Waals surface area contributed by atoms with Gasteiger partial charge in [-0.25, -0.2) is 4.98 Å². The van der Waals surface area contributed by atoms with Crippen molar-refractivity contribution in [1.82, 2.24) is 14.8 Å². The smallest absolute Gasteiger partial charge is 1.00 e. The van der Waals surface area contributed by atoms with Crippen LogP contribution in [0, 0.1) is 0 Å². The van der Waals surface area contributed by atoms with Crippen LogP contribution in [0.4, 0.5) is 0 Å². The first-order valence-corrected chi connectivity index (χ1v) is 11.2. The number of rotatable bonds is 12. The molecule has 0 spiro atoms. The maximum Gasteiger partial charge on any atom is 3.00 e. The normalized spacial score (nSPS) is 10.3. The Labute approximate surface area is 233 Å². The number of pyridine rings is 1. The van der Waals surface area contributed by atoms with Gasteiger partial charge in [0.2, 0.25) is 0 Å². The molecule has 0 amide bonds. The van der Waals surface area contributed by atoms with Crippen LogP contribution in [0.25, 0.3) is 21.8 Å². The standard InChI is InChI=1S/C25H35N3O2.3ClH.Cr/c1-5-27(6-2)14-16-29-22-12-13-23-21(19-22)18-20-10-9-11-24(25(20)26-23)30-17-15-28(7-3)8-4;;;;/h9-13,18-19H,5-8,14-17H2,1-4H3;3*1H;/q;;;;+3/p-3. The summed E-state index contributed by atoms with van der Waals surface area (Å²) >= 11 is 0. The summed E-state index contributed by atoms with van der Waals surface area (Å²) in [5.74, 6) is 1.74. The summed E-state index contributed by atoms with van der Waals surface area (Å²) in [6.07, 6.45) is 0. The van der Waals surface area contributed by atoms with E-state index in [0.29, 0.717) is 13.2 Å². The minimum atomic E-state index is 0. The zero-order valence-electron chi connectivity index (χ0n) is 20.4. The van der Waals surface area contributed by atoms with Crippen LogP contribution in [-0.4, -0.2) is 67.3 Å². The molecule has 3 aromatic rings. The number of likely N-dealkylation sites (N-methyl/N-ethyl adjacent to an activating group) is 2. The van der Waals surface area contributed by atoms with Gasteiger partial charge < -0.3 is 56.5 Å². The molecule has 1 radical (unpaired) electrons. The van der Waals surface area contributed by atoms with Gasteiger partial charge in [0.25, 0.3) is 0 Å². The van der Waals surface area contributed by atoms with Crippen LogP contribution in [0.3, 0.4) is 0 Å². The number of hydrogen-bond acceptors (Lipinski definition) is 5. The third-order valence-electron chi connectivity index (χ3n) is 5.70. The SMILES string of the molecule is CCN(CC)CCOc1ccc2nc3c(OCCN(CC)CC)cccc3cc2c1.[Cl-].[Cl-].[Cl-].[Cr+3]. The van der Waals surface area contributed by atoms with E-state index in [9.17, 15) is 0 Å². The summed E-state index contributed by atoms with van der Waals surface area (Å²) < 4.78 is 12.1. The quantitative estimate of drug-likeness (QED) is 0.208. The topological polar surface area (TPSA) is 37.8 Å². The van der Waals surface area contributed by atoms with Crippen LogP contribution in [0.1, 0.15) is 27.7 Å². The number of fused-ring (bicyclic) bond motifs is 2. The van der Waals surface area contributed by atoms with Crippen molar-refractivity contribution >= 4 is 21.8 Å². The van der Waals surface area contributed by atoms with Gasteiger partial charge in [0.15, 0.2) is 0 Å². The minimum absolute atomic E-state index is 0. The van der Waals surface area contributed by atoms with E-state index in [0.717, 1.165) is 72.6 Å². The molecule has 0 aliphatic carbocycles. The first kappa shape index (κ1) is 35.2. The van der Waals surface area contributed by atoms with Gasteiger partial charge in [0.1, 0.15) is 30.2 Å². The predicted octanol–water partition coefficient (Wildman–Crippen LogP) is -4.16. The van der Waals surface area contributed by atoms with Crippen molar-refractivity contribution in [2.45, 2.75) is 27.7 Å². The Balaban J connectivity index is 0. The van der Waals surface area contributed by atoms with Gasteiger partial charge in [0.05, 0.1) is 5.52 Å². The Hall–Kier alpha value is -0.968.